The van der Waals surface area contributed by atoms with Crippen molar-refractivity contribution in [1.29, 1.82) is 5.26 Å². The van der Waals surface area contributed by atoms with Crippen molar-refractivity contribution >= 4 is 5.82 Å². The molecule has 0 aliphatic carbocycles. The Balaban J connectivity index is 2.13. The van der Waals surface area contributed by atoms with Crippen LogP contribution in [0, 0.1) is 11.3 Å². The normalized spacial score (nSPS) is 11.9. The van der Waals surface area contributed by atoms with Crippen molar-refractivity contribution in [3.05, 3.63) is 59.8 Å². The van der Waals surface area contributed by atoms with E-state index in [2.05, 4.69) is 33.4 Å². The molecular weight excluding hydrogens is 248 g/mol. The topological polar surface area (TPSA) is 52.0 Å². The van der Waals surface area contributed by atoms with Gasteiger partial charge in [-0.3, -0.25) is 0 Å². The largest absolute Gasteiger partial charge is 0.367 e. The fourth-order valence-electron chi connectivity index (χ4n) is 2.10. The minimum atomic E-state index is 0.227. The summed E-state index contributed by atoms with van der Waals surface area (Å²) in [5.41, 5.74) is 1.80. The highest BCUT2D eigenvalue weighted by atomic mass is 15.1. The van der Waals surface area contributed by atoms with E-state index >= 15 is 0 Å². The predicted octanol–water partition coefficient (Wildman–Crippen LogP) is 2.67. The van der Waals surface area contributed by atoms with Crippen molar-refractivity contribution in [1.82, 2.24) is 9.88 Å². The summed E-state index contributed by atoms with van der Waals surface area (Å²) in [6.07, 6.45) is 1.69. The molecule has 1 N–H and O–H groups in total. The van der Waals surface area contributed by atoms with Gasteiger partial charge < -0.3 is 10.2 Å². The highest BCUT2D eigenvalue weighted by molar-refractivity contribution is 5.51. The minimum absolute atomic E-state index is 0.227. The van der Waals surface area contributed by atoms with Gasteiger partial charge in [0.25, 0.3) is 0 Å². The first-order valence-corrected chi connectivity index (χ1v) is 6.52. The maximum atomic E-state index is 9.07. The van der Waals surface area contributed by atoms with Crippen LogP contribution in [0.2, 0.25) is 0 Å². The van der Waals surface area contributed by atoms with Crippen LogP contribution in [0.1, 0.15) is 17.2 Å². The fraction of sp³-hybridized carbons (Fsp3) is 0.250. The molecule has 1 aromatic heterocycles. The maximum absolute atomic E-state index is 9.07. The number of rotatable bonds is 5. The Kier molecular flexibility index (Phi) is 4.70. The molecule has 0 amide bonds. The van der Waals surface area contributed by atoms with Crippen LogP contribution in [-0.2, 0) is 0 Å². The maximum Gasteiger partial charge on any atom is 0.143 e. The molecule has 20 heavy (non-hydrogen) atoms. The van der Waals surface area contributed by atoms with Gasteiger partial charge in [-0.15, -0.1) is 0 Å². The number of anilines is 1. The number of aromatic nitrogens is 1. The molecule has 0 spiro atoms. The van der Waals surface area contributed by atoms with Gasteiger partial charge in [-0.2, -0.15) is 5.26 Å². The van der Waals surface area contributed by atoms with Crippen LogP contribution in [0.5, 0.6) is 0 Å². The number of benzene rings is 1. The SMILES string of the molecule is CN(C)C(CNc1ncccc1C#N)c1ccccc1. The van der Waals surface area contributed by atoms with E-state index in [0.29, 0.717) is 17.9 Å². The van der Waals surface area contributed by atoms with Gasteiger partial charge in [0.05, 0.1) is 11.6 Å². The summed E-state index contributed by atoms with van der Waals surface area (Å²) in [4.78, 5) is 6.37. The van der Waals surface area contributed by atoms with Crippen molar-refractivity contribution in [2.75, 3.05) is 26.0 Å². The van der Waals surface area contributed by atoms with Gasteiger partial charge in [-0.25, -0.2) is 4.98 Å². The van der Waals surface area contributed by atoms with E-state index in [4.69, 9.17) is 5.26 Å². The standard InChI is InChI=1S/C16H18N4/c1-20(2)15(13-7-4-3-5-8-13)12-19-16-14(11-17)9-6-10-18-16/h3-10,15H,12H2,1-2H3,(H,18,19). The molecule has 0 fully saturated rings. The molecule has 1 atom stereocenters. The summed E-state index contributed by atoms with van der Waals surface area (Å²) in [6, 6.07) is 16.2. The molecule has 1 heterocycles. The number of hydrogen-bond acceptors (Lipinski definition) is 4. The Morgan fingerprint density at radius 2 is 1.95 bits per heavy atom. The number of nitrogens with one attached hydrogen (secondary N) is 1. The van der Waals surface area contributed by atoms with Crippen LogP contribution < -0.4 is 5.32 Å². The second-order valence-corrected chi connectivity index (χ2v) is 4.78. The molecule has 2 rings (SSSR count). The van der Waals surface area contributed by atoms with Crippen LogP contribution in [0.4, 0.5) is 5.82 Å². The molecule has 0 aliphatic heterocycles. The summed E-state index contributed by atoms with van der Waals surface area (Å²) in [5.74, 6) is 0.637. The molecule has 102 valence electrons. The second-order valence-electron chi connectivity index (χ2n) is 4.78. The Morgan fingerprint density at radius 1 is 1.20 bits per heavy atom. The minimum Gasteiger partial charge on any atom is -0.367 e. The van der Waals surface area contributed by atoms with E-state index in [0.717, 1.165) is 0 Å². The van der Waals surface area contributed by atoms with Gasteiger partial charge in [0, 0.05) is 12.7 Å². The molecule has 0 aliphatic rings. The number of pyridine rings is 1. The van der Waals surface area contributed by atoms with Crippen LogP contribution in [0.3, 0.4) is 0 Å². The van der Waals surface area contributed by atoms with Gasteiger partial charge in [-0.05, 0) is 31.8 Å². The molecule has 0 saturated carbocycles. The lowest BCUT2D eigenvalue weighted by Gasteiger charge is -2.25. The summed E-state index contributed by atoms with van der Waals surface area (Å²) in [6.45, 7) is 0.697. The predicted molar refractivity (Wildman–Crippen MR) is 80.3 cm³/mol. The molecule has 4 heteroatoms. The summed E-state index contributed by atoms with van der Waals surface area (Å²) < 4.78 is 0. The highest BCUT2D eigenvalue weighted by Crippen LogP contribution is 2.19. The van der Waals surface area contributed by atoms with Crippen LogP contribution in [-0.4, -0.2) is 30.5 Å². The zero-order valence-corrected chi connectivity index (χ0v) is 11.7. The lowest BCUT2D eigenvalue weighted by molar-refractivity contribution is 0.311. The van der Waals surface area contributed by atoms with E-state index in [1.54, 1.807) is 18.3 Å². The quantitative estimate of drug-likeness (QED) is 0.904. The van der Waals surface area contributed by atoms with Crippen LogP contribution >= 0.6 is 0 Å². The molecule has 0 radical (unpaired) electrons. The molecule has 1 unspecified atom stereocenters. The second kappa shape index (κ2) is 6.69. The zero-order chi connectivity index (χ0) is 14.4. The van der Waals surface area contributed by atoms with Crippen LogP contribution in [0.25, 0.3) is 0 Å². The van der Waals surface area contributed by atoms with Crippen LogP contribution in [0.15, 0.2) is 48.7 Å². The average molecular weight is 266 g/mol. The first kappa shape index (κ1) is 14.0. The van der Waals surface area contributed by atoms with Crippen molar-refractivity contribution in [3.63, 3.8) is 0 Å². The zero-order valence-electron chi connectivity index (χ0n) is 11.7. The van der Waals surface area contributed by atoms with E-state index in [-0.39, 0.29) is 6.04 Å². The summed E-state index contributed by atoms with van der Waals surface area (Å²) in [7, 11) is 4.09. The van der Waals surface area contributed by atoms with E-state index in [1.165, 1.54) is 5.56 Å². The van der Waals surface area contributed by atoms with Crippen molar-refractivity contribution < 1.29 is 0 Å². The average Bonchev–Trinajstić information content (AvgIpc) is 2.48. The van der Waals surface area contributed by atoms with Crippen molar-refractivity contribution in [2.24, 2.45) is 0 Å². The first-order chi connectivity index (χ1) is 9.72. The monoisotopic (exact) mass is 266 g/mol. The molecule has 1 aromatic carbocycles. The van der Waals surface area contributed by atoms with Crippen molar-refractivity contribution in [2.45, 2.75) is 6.04 Å². The summed E-state index contributed by atoms with van der Waals surface area (Å²) in [5, 5.41) is 12.3. The smallest absolute Gasteiger partial charge is 0.143 e. The third-order valence-electron chi connectivity index (χ3n) is 3.20. The highest BCUT2D eigenvalue weighted by Gasteiger charge is 2.14. The summed E-state index contributed by atoms with van der Waals surface area (Å²) >= 11 is 0. The third kappa shape index (κ3) is 3.34. The fourth-order valence-corrected chi connectivity index (χ4v) is 2.10. The Morgan fingerprint density at radius 3 is 2.60 bits per heavy atom. The molecule has 2 aromatic rings. The number of nitrogens with zero attached hydrogens (tertiary/aromatic N) is 3. The van der Waals surface area contributed by atoms with Crippen molar-refractivity contribution in [3.8, 4) is 6.07 Å². The van der Waals surface area contributed by atoms with E-state index < -0.39 is 0 Å². The molecule has 4 nitrogen and oxygen atoms in total. The van der Waals surface area contributed by atoms with Gasteiger partial charge in [0.1, 0.15) is 11.9 Å². The lowest BCUT2D eigenvalue weighted by Crippen LogP contribution is -2.27. The third-order valence-corrected chi connectivity index (χ3v) is 3.20. The molecular formula is C16H18N4. The van der Waals surface area contributed by atoms with E-state index in [1.807, 2.05) is 32.3 Å². The molecule has 0 saturated heterocycles. The van der Waals surface area contributed by atoms with Gasteiger partial charge in [0.15, 0.2) is 0 Å². The molecule has 0 bridgehead atoms. The Hall–Kier alpha value is -2.38. The van der Waals surface area contributed by atoms with Gasteiger partial charge in [-0.1, -0.05) is 30.3 Å². The first-order valence-electron chi connectivity index (χ1n) is 6.52. The van der Waals surface area contributed by atoms with Gasteiger partial charge >= 0.3 is 0 Å². The number of likely N-dealkylation sites (N-methyl/N-ethyl adjacent to an activating group) is 1. The van der Waals surface area contributed by atoms with Gasteiger partial charge in [0.2, 0.25) is 0 Å². The van der Waals surface area contributed by atoms with E-state index in [9.17, 15) is 0 Å². The Bertz CT molecular complexity index is 587. The number of nitriles is 1. The number of hydrogen-bond donors (Lipinski definition) is 1. The lowest BCUT2D eigenvalue weighted by atomic mass is 10.1. The Labute approximate surface area is 119 Å².